The molecule has 0 unspecified atom stereocenters. The van der Waals surface area contributed by atoms with Gasteiger partial charge < -0.3 is 9.80 Å². The second-order valence-electron chi connectivity index (χ2n) is 16.3. The summed E-state index contributed by atoms with van der Waals surface area (Å²) >= 11 is 3.76. The van der Waals surface area contributed by atoms with Crippen LogP contribution in [0, 0.1) is 0 Å². The third kappa shape index (κ3) is 12.3. The Morgan fingerprint density at radius 1 is 0.344 bits per heavy atom. The fraction of sp³-hybridized carbons (Fsp3) is 0.167. The summed E-state index contributed by atoms with van der Waals surface area (Å²) in [5.41, 5.74) is 14.6. The number of aryl methyl sites for hydroxylation is 2. The average Bonchev–Trinajstić information content (AvgIpc) is 3.36. The van der Waals surface area contributed by atoms with Crippen LogP contribution >= 0.6 is 23.5 Å². The second-order valence-corrected chi connectivity index (χ2v) is 18.4. The van der Waals surface area contributed by atoms with Gasteiger partial charge in [-0.2, -0.15) is 0 Å². The molecule has 0 saturated heterocycles. The zero-order valence-electron chi connectivity index (χ0n) is 37.2. The van der Waals surface area contributed by atoms with Crippen molar-refractivity contribution in [1.29, 1.82) is 0 Å². The van der Waals surface area contributed by atoms with Crippen LogP contribution in [-0.4, -0.2) is 0 Å². The lowest BCUT2D eigenvalue weighted by molar-refractivity contribution is 0.795. The molecule has 8 aromatic carbocycles. The highest BCUT2D eigenvalue weighted by atomic mass is 32.2. The number of thioether (sulfide) groups is 2. The van der Waals surface area contributed by atoms with E-state index in [1.165, 1.54) is 57.7 Å². The van der Waals surface area contributed by atoms with Gasteiger partial charge in [-0.25, -0.2) is 0 Å². The highest BCUT2D eigenvalue weighted by Crippen LogP contribution is 2.39. The quantitative estimate of drug-likeness (QED) is 0.0556. The summed E-state index contributed by atoms with van der Waals surface area (Å²) in [5.74, 6) is 1.88. The summed E-state index contributed by atoms with van der Waals surface area (Å²) < 4.78 is 0. The van der Waals surface area contributed by atoms with E-state index in [1.54, 1.807) is 0 Å². The van der Waals surface area contributed by atoms with Crippen molar-refractivity contribution in [3.05, 3.63) is 240 Å². The van der Waals surface area contributed by atoms with E-state index >= 15 is 0 Å². The molecular weight excluding hydrogens is 813 g/mol. The summed E-state index contributed by atoms with van der Waals surface area (Å²) in [4.78, 5) is 7.27. The molecular formula is C60H58N2S2. The maximum absolute atomic E-state index is 2.38. The van der Waals surface area contributed by atoms with Crippen LogP contribution in [0.5, 0.6) is 0 Å². The van der Waals surface area contributed by atoms with E-state index in [9.17, 15) is 0 Å². The van der Waals surface area contributed by atoms with Gasteiger partial charge in [0.2, 0.25) is 0 Å². The first kappa shape index (κ1) is 44.4. The fourth-order valence-corrected chi connectivity index (χ4v) is 9.66. The van der Waals surface area contributed by atoms with Gasteiger partial charge in [0.1, 0.15) is 0 Å². The largest absolute Gasteiger partial charge is 0.310 e. The second kappa shape index (κ2) is 22.9. The number of hydrogen-bond donors (Lipinski definition) is 0. The van der Waals surface area contributed by atoms with E-state index in [1.807, 2.05) is 23.5 Å². The molecule has 320 valence electrons. The Bertz CT molecular complexity index is 2470. The molecule has 8 aromatic rings. The molecule has 0 fully saturated rings. The molecule has 0 aliphatic heterocycles. The van der Waals surface area contributed by atoms with Crippen LogP contribution in [0.4, 0.5) is 34.1 Å². The summed E-state index contributed by atoms with van der Waals surface area (Å²) in [7, 11) is 0. The molecule has 64 heavy (non-hydrogen) atoms. The lowest BCUT2D eigenvalue weighted by atomic mass is 10.1. The van der Waals surface area contributed by atoms with Gasteiger partial charge in [-0.1, -0.05) is 160 Å². The number of benzene rings is 8. The van der Waals surface area contributed by atoms with E-state index in [0.717, 1.165) is 69.6 Å². The first-order valence-electron chi connectivity index (χ1n) is 22.8. The molecule has 0 aromatic heterocycles. The molecule has 0 saturated carbocycles. The zero-order chi connectivity index (χ0) is 43.8. The van der Waals surface area contributed by atoms with Crippen LogP contribution in [0.2, 0.25) is 0 Å². The molecule has 0 amide bonds. The van der Waals surface area contributed by atoms with Crippen molar-refractivity contribution in [2.45, 2.75) is 73.7 Å². The molecule has 0 atom stereocenters. The van der Waals surface area contributed by atoms with Crippen molar-refractivity contribution in [3.8, 4) is 0 Å². The molecule has 4 heteroatoms. The van der Waals surface area contributed by atoms with Gasteiger partial charge in [0.15, 0.2) is 0 Å². The number of rotatable bonds is 20. The monoisotopic (exact) mass is 870 g/mol. The molecule has 0 aliphatic rings. The Kier molecular flexibility index (Phi) is 15.9. The summed E-state index contributed by atoms with van der Waals surface area (Å²) in [6.45, 7) is 4.51. The predicted octanol–water partition coefficient (Wildman–Crippen LogP) is 18.1. The molecule has 0 radical (unpaired) electrons. The van der Waals surface area contributed by atoms with Crippen molar-refractivity contribution < 1.29 is 0 Å². The van der Waals surface area contributed by atoms with E-state index < -0.39 is 0 Å². The number of hydrogen-bond acceptors (Lipinski definition) is 4. The molecule has 0 aliphatic carbocycles. The van der Waals surface area contributed by atoms with Crippen molar-refractivity contribution in [2.75, 3.05) is 9.80 Å². The maximum atomic E-state index is 2.38. The smallest absolute Gasteiger partial charge is 0.0472 e. The Labute approximate surface area is 390 Å². The molecule has 2 nitrogen and oxygen atoms in total. The lowest BCUT2D eigenvalue weighted by Gasteiger charge is -2.26. The first-order chi connectivity index (χ1) is 31.6. The van der Waals surface area contributed by atoms with Gasteiger partial charge in [-0.15, -0.1) is 23.5 Å². The minimum atomic E-state index is 0.939. The molecule has 0 heterocycles. The van der Waals surface area contributed by atoms with Gasteiger partial charge in [-0.05, 0) is 144 Å². The highest BCUT2D eigenvalue weighted by molar-refractivity contribution is 7.98. The van der Waals surface area contributed by atoms with Gasteiger partial charge >= 0.3 is 0 Å². The zero-order valence-corrected chi connectivity index (χ0v) is 38.8. The Balaban J connectivity index is 1.02. The number of nitrogens with zero attached hydrogens (tertiary/aromatic N) is 2. The van der Waals surface area contributed by atoms with E-state index in [4.69, 9.17) is 0 Å². The summed E-state index contributed by atoms with van der Waals surface area (Å²) in [6, 6.07) is 75.5. The summed E-state index contributed by atoms with van der Waals surface area (Å²) in [6.07, 6.45) is 11.5. The van der Waals surface area contributed by atoms with Gasteiger partial charge in [0.25, 0.3) is 0 Å². The van der Waals surface area contributed by atoms with Gasteiger partial charge in [0, 0.05) is 55.4 Å². The minimum absolute atomic E-state index is 0.939. The molecule has 8 rings (SSSR count). The van der Waals surface area contributed by atoms with Crippen LogP contribution in [0.1, 0.15) is 72.9 Å². The van der Waals surface area contributed by atoms with Gasteiger partial charge in [-0.3, -0.25) is 0 Å². The standard InChI is InChI=1S/C60H58N2S2/c1-3-5-15-47-27-35-53(36-28-47)61(57-21-13-23-59(43-57)63-45-51-17-9-7-10-18-51)55-39-31-49(32-40-55)25-26-50-33-41-56(42-34-50)62(54-37-29-48(30-38-54)16-6-4-2)58-22-14-24-60(44-58)64-46-52-19-11-8-12-20-52/h7-14,17-44H,3-6,15-16,45-46H2,1-2H3. The number of anilines is 6. The molecule has 0 bridgehead atoms. The van der Waals surface area contributed by atoms with Crippen molar-refractivity contribution >= 4 is 69.8 Å². The van der Waals surface area contributed by atoms with Crippen LogP contribution in [0.15, 0.2) is 216 Å². The lowest BCUT2D eigenvalue weighted by Crippen LogP contribution is -2.10. The Hall–Kier alpha value is -6.20. The normalized spacial score (nSPS) is 11.2. The Morgan fingerprint density at radius 2 is 0.703 bits per heavy atom. The van der Waals surface area contributed by atoms with Crippen molar-refractivity contribution in [3.63, 3.8) is 0 Å². The van der Waals surface area contributed by atoms with E-state index in [-0.39, 0.29) is 0 Å². The van der Waals surface area contributed by atoms with E-state index in [2.05, 4.69) is 242 Å². The molecule has 0 N–H and O–H groups in total. The SMILES string of the molecule is CCCCc1ccc(N(c2ccc(C=Cc3ccc(N(c4ccc(CCCC)cc4)c4cccc(SCc5ccccc5)c4)cc3)cc2)c2cccc(SCc3ccccc3)c2)cc1. The van der Waals surface area contributed by atoms with Crippen LogP contribution in [-0.2, 0) is 24.3 Å². The minimum Gasteiger partial charge on any atom is -0.310 e. The van der Waals surface area contributed by atoms with Crippen LogP contribution in [0.25, 0.3) is 12.2 Å². The first-order valence-corrected chi connectivity index (χ1v) is 24.8. The average molecular weight is 871 g/mol. The van der Waals surface area contributed by atoms with Crippen molar-refractivity contribution in [2.24, 2.45) is 0 Å². The maximum Gasteiger partial charge on any atom is 0.0472 e. The van der Waals surface area contributed by atoms with E-state index in [0.29, 0.717) is 0 Å². The third-order valence-electron chi connectivity index (χ3n) is 11.4. The highest BCUT2D eigenvalue weighted by Gasteiger charge is 2.15. The predicted molar refractivity (Wildman–Crippen MR) is 280 cm³/mol. The third-order valence-corrected chi connectivity index (χ3v) is 13.6. The fourth-order valence-electron chi connectivity index (χ4n) is 7.85. The van der Waals surface area contributed by atoms with Crippen molar-refractivity contribution in [1.82, 2.24) is 0 Å². The topological polar surface area (TPSA) is 6.48 Å². The van der Waals surface area contributed by atoms with Gasteiger partial charge in [0.05, 0.1) is 0 Å². The Morgan fingerprint density at radius 3 is 1.06 bits per heavy atom. The summed E-state index contributed by atoms with van der Waals surface area (Å²) in [5, 5.41) is 0. The molecule has 0 spiro atoms. The van der Waals surface area contributed by atoms with Crippen LogP contribution in [0.3, 0.4) is 0 Å². The number of unbranched alkanes of at least 4 members (excludes halogenated alkanes) is 2. The van der Waals surface area contributed by atoms with Crippen LogP contribution < -0.4 is 9.80 Å².